The van der Waals surface area contributed by atoms with Crippen LogP contribution < -0.4 is 19.6 Å². The first kappa shape index (κ1) is 19.0. The number of benzene rings is 2. The lowest BCUT2D eigenvalue weighted by Gasteiger charge is -2.09. The van der Waals surface area contributed by atoms with Gasteiger partial charge in [-0.05, 0) is 48.4 Å². The summed E-state index contributed by atoms with van der Waals surface area (Å²) in [7, 11) is 2.97. The monoisotopic (exact) mass is 356 g/mol. The molecule has 1 N–H and O–H groups in total. The van der Waals surface area contributed by atoms with E-state index >= 15 is 0 Å². The second kappa shape index (κ2) is 8.66. The van der Waals surface area contributed by atoms with Crippen LogP contribution in [0.3, 0.4) is 0 Å². The van der Waals surface area contributed by atoms with Crippen LogP contribution in [0.5, 0.6) is 17.2 Å². The molecule has 0 aromatic heterocycles. The number of nitrogens with zero attached hydrogens (tertiary/aromatic N) is 1. The number of esters is 1. The van der Waals surface area contributed by atoms with Gasteiger partial charge in [0, 0.05) is 6.92 Å². The van der Waals surface area contributed by atoms with E-state index in [1.54, 1.807) is 30.3 Å². The Bertz CT molecular complexity index is 846. The number of hydrazone groups is 1. The molecule has 1 amide bonds. The number of carbonyl (C=O) groups excluding carboxylic acids is 2. The van der Waals surface area contributed by atoms with E-state index < -0.39 is 5.97 Å². The van der Waals surface area contributed by atoms with Crippen molar-refractivity contribution in [3.63, 3.8) is 0 Å². The first-order valence-corrected chi connectivity index (χ1v) is 7.79. The zero-order valence-electron chi connectivity index (χ0n) is 15.0. The van der Waals surface area contributed by atoms with Gasteiger partial charge in [0.05, 0.1) is 26.0 Å². The zero-order chi connectivity index (χ0) is 19.1. The maximum absolute atomic E-state index is 12.2. The molecule has 26 heavy (non-hydrogen) atoms. The highest BCUT2D eigenvalue weighted by Crippen LogP contribution is 2.27. The fourth-order valence-electron chi connectivity index (χ4n) is 2.22. The number of methoxy groups -OCH3 is 2. The van der Waals surface area contributed by atoms with E-state index in [1.807, 2.05) is 13.0 Å². The van der Waals surface area contributed by atoms with Crippen molar-refractivity contribution in [2.45, 2.75) is 13.8 Å². The van der Waals surface area contributed by atoms with Crippen molar-refractivity contribution < 1.29 is 23.8 Å². The molecule has 7 nitrogen and oxygen atoms in total. The number of hydrogen-bond donors (Lipinski definition) is 1. The molecular weight excluding hydrogens is 336 g/mol. The molecule has 0 atom stereocenters. The molecule has 0 aliphatic heterocycles. The first-order chi connectivity index (χ1) is 12.4. The van der Waals surface area contributed by atoms with Crippen LogP contribution in [0.2, 0.25) is 0 Å². The Morgan fingerprint density at radius 3 is 2.38 bits per heavy atom. The summed E-state index contributed by atoms with van der Waals surface area (Å²) in [5.41, 5.74) is 4.49. The van der Waals surface area contributed by atoms with Crippen molar-refractivity contribution >= 4 is 18.1 Å². The van der Waals surface area contributed by atoms with Crippen LogP contribution in [-0.2, 0) is 4.79 Å². The highest BCUT2D eigenvalue weighted by molar-refractivity contribution is 5.97. The summed E-state index contributed by atoms with van der Waals surface area (Å²) in [4.78, 5) is 23.3. The second-order valence-electron chi connectivity index (χ2n) is 5.41. The van der Waals surface area contributed by atoms with Gasteiger partial charge in [0.15, 0.2) is 11.5 Å². The van der Waals surface area contributed by atoms with Crippen LogP contribution in [-0.4, -0.2) is 32.3 Å². The van der Waals surface area contributed by atoms with Gasteiger partial charge in [-0.25, -0.2) is 5.43 Å². The Balaban J connectivity index is 2.10. The van der Waals surface area contributed by atoms with Crippen LogP contribution in [0.4, 0.5) is 0 Å². The van der Waals surface area contributed by atoms with E-state index in [1.165, 1.54) is 27.4 Å². The average Bonchev–Trinajstić information content (AvgIpc) is 2.62. The Hall–Kier alpha value is -3.35. The van der Waals surface area contributed by atoms with E-state index in [2.05, 4.69) is 10.5 Å². The number of aryl methyl sites for hydroxylation is 1. The molecule has 7 heteroatoms. The molecule has 2 rings (SSSR count). The Morgan fingerprint density at radius 1 is 1.00 bits per heavy atom. The Kier molecular flexibility index (Phi) is 6.32. The molecule has 0 aliphatic rings. The Morgan fingerprint density at radius 2 is 1.73 bits per heavy atom. The van der Waals surface area contributed by atoms with Crippen molar-refractivity contribution in [2.75, 3.05) is 14.2 Å². The third-order valence-corrected chi connectivity index (χ3v) is 3.42. The fraction of sp³-hybridized carbons (Fsp3) is 0.211. The lowest BCUT2D eigenvalue weighted by Crippen LogP contribution is -2.18. The summed E-state index contributed by atoms with van der Waals surface area (Å²) in [5, 5.41) is 3.94. The SMILES string of the molecule is COc1cc(/C=N\NC(=O)c2ccc(C)cc2OC)ccc1OC(C)=O. The van der Waals surface area contributed by atoms with Gasteiger partial charge in [-0.1, -0.05) is 6.07 Å². The predicted molar refractivity (Wildman–Crippen MR) is 97.1 cm³/mol. The van der Waals surface area contributed by atoms with Gasteiger partial charge in [0.2, 0.25) is 0 Å². The number of ether oxygens (including phenoxy) is 3. The van der Waals surface area contributed by atoms with Crippen LogP contribution in [0, 0.1) is 6.92 Å². The molecule has 0 bridgehead atoms. The summed E-state index contributed by atoms with van der Waals surface area (Å²) in [6.45, 7) is 3.22. The molecule has 0 spiro atoms. The maximum Gasteiger partial charge on any atom is 0.308 e. The molecule has 2 aromatic carbocycles. The summed E-state index contributed by atoms with van der Waals surface area (Å²) >= 11 is 0. The van der Waals surface area contributed by atoms with E-state index in [0.717, 1.165) is 5.56 Å². The third kappa shape index (κ3) is 4.83. The van der Waals surface area contributed by atoms with Crippen molar-refractivity contribution in [2.24, 2.45) is 5.10 Å². The highest BCUT2D eigenvalue weighted by Gasteiger charge is 2.11. The molecular formula is C19H20N2O5. The van der Waals surface area contributed by atoms with Crippen LogP contribution in [0.25, 0.3) is 0 Å². The minimum atomic E-state index is -0.441. The molecule has 0 saturated carbocycles. The summed E-state index contributed by atoms with van der Waals surface area (Å²) < 4.78 is 15.4. The van der Waals surface area contributed by atoms with Gasteiger partial charge in [-0.3, -0.25) is 9.59 Å². The van der Waals surface area contributed by atoms with Crippen LogP contribution in [0.1, 0.15) is 28.4 Å². The molecule has 0 aliphatic carbocycles. The lowest BCUT2D eigenvalue weighted by molar-refractivity contribution is -0.132. The van der Waals surface area contributed by atoms with Gasteiger partial charge in [0.1, 0.15) is 5.75 Å². The zero-order valence-corrected chi connectivity index (χ0v) is 15.0. The standard InChI is InChI=1S/C19H20N2O5/c1-12-5-7-15(17(9-12)24-3)19(23)21-20-11-14-6-8-16(26-13(2)22)18(10-14)25-4/h5-11H,1-4H3,(H,21,23)/b20-11-. The molecule has 0 heterocycles. The second-order valence-corrected chi connectivity index (χ2v) is 5.41. The van der Waals surface area contributed by atoms with E-state index in [0.29, 0.717) is 28.4 Å². The van der Waals surface area contributed by atoms with Crippen molar-refractivity contribution in [3.8, 4) is 17.2 Å². The largest absolute Gasteiger partial charge is 0.496 e. The molecule has 0 saturated heterocycles. The normalized spacial score (nSPS) is 10.5. The minimum Gasteiger partial charge on any atom is -0.496 e. The quantitative estimate of drug-likeness (QED) is 0.372. The molecule has 0 unspecified atom stereocenters. The first-order valence-electron chi connectivity index (χ1n) is 7.79. The van der Waals surface area contributed by atoms with Crippen LogP contribution in [0.15, 0.2) is 41.5 Å². The summed E-state index contributed by atoms with van der Waals surface area (Å²) in [5.74, 6) is 0.344. The predicted octanol–water partition coefficient (Wildman–Crippen LogP) is 2.70. The molecule has 0 fully saturated rings. The van der Waals surface area contributed by atoms with E-state index in [4.69, 9.17) is 14.2 Å². The average molecular weight is 356 g/mol. The van der Waals surface area contributed by atoms with Crippen molar-refractivity contribution in [1.29, 1.82) is 0 Å². The topological polar surface area (TPSA) is 86.2 Å². The van der Waals surface area contributed by atoms with Gasteiger partial charge in [-0.2, -0.15) is 5.10 Å². The smallest absolute Gasteiger partial charge is 0.308 e. The number of hydrogen-bond acceptors (Lipinski definition) is 6. The molecule has 2 aromatic rings. The maximum atomic E-state index is 12.2. The number of rotatable bonds is 6. The summed E-state index contributed by atoms with van der Waals surface area (Å²) in [6, 6.07) is 10.2. The summed E-state index contributed by atoms with van der Waals surface area (Å²) in [6.07, 6.45) is 1.46. The molecule has 0 radical (unpaired) electrons. The van der Waals surface area contributed by atoms with Gasteiger partial charge in [-0.15, -0.1) is 0 Å². The number of nitrogens with one attached hydrogen (secondary N) is 1. The van der Waals surface area contributed by atoms with Gasteiger partial charge in [0.25, 0.3) is 5.91 Å². The fourth-order valence-corrected chi connectivity index (χ4v) is 2.22. The van der Waals surface area contributed by atoms with Gasteiger partial charge >= 0.3 is 5.97 Å². The van der Waals surface area contributed by atoms with Crippen molar-refractivity contribution in [3.05, 3.63) is 53.1 Å². The lowest BCUT2D eigenvalue weighted by atomic mass is 10.1. The van der Waals surface area contributed by atoms with Gasteiger partial charge < -0.3 is 14.2 Å². The minimum absolute atomic E-state index is 0.311. The van der Waals surface area contributed by atoms with Crippen LogP contribution >= 0.6 is 0 Å². The number of carbonyl (C=O) groups is 2. The highest BCUT2D eigenvalue weighted by atomic mass is 16.6. The van der Waals surface area contributed by atoms with E-state index in [-0.39, 0.29) is 5.91 Å². The third-order valence-electron chi connectivity index (χ3n) is 3.42. The van der Waals surface area contributed by atoms with Crippen molar-refractivity contribution in [1.82, 2.24) is 5.43 Å². The van der Waals surface area contributed by atoms with E-state index in [9.17, 15) is 9.59 Å². The number of amides is 1. The Labute approximate surface area is 151 Å². The molecule has 136 valence electrons.